The lowest BCUT2D eigenvalue weighted by molar-refractivity contribution is -0.145. The smallest absolute Gasteiger partial charge is 0.331 e. The van der Waals surface area contributed by atoms with Gasteiger partial charge in [0.25, 0.3) is 5.91 Å². The molecular formula is C19H13NO4S2. The highest BCUT2D eigenvalue weighted by molar-refractivity contribution is 8.26. The van der Waals surface area contributed by atoms with Crippen molar-refractivity contribution in [3.05, 3.63) is 76.2 Å². The summed E-state index contributed by atoms with van der Waals surface area (Å²) in [5.41, 5.74) is 1.74. The van der Waals surface area contributed by atoms with E-state index in [1.807, 2.05) is 0 Å². The highest BCUT2D eigenvalue weighted by Gasteiger charge is 2.41. The second-order valence-electron chi connectivity index (χ2n) is 5.49. The maximum absolute atomic E-state index is 12.8. The molecule has 1 unspecified atom stereocenters. The van der Waals surface area contributed by atoms with E-state index in [1.54, 1.807) is 60.7 Å². The second-order valence-corrected chi connectivity index (χ2v) is 7.16. The summed E-state index contributed by atoms with van der Waals surface area (Å²) >= 11 is 6.33. The molecular weight excluding hydrogens is 370 g/mol. The Bertz CT molecular complexity index is 907. The number of thioether (sulfide) groups is 1. The Hall–Kier alpha value is -2.77. The lowest BCUT2D eigenvalue weighted by atomic mass is 10.1. The van der Waals surface area contributed by atoms with E-state index in [0.717, 1.165) is 28.5 Å². The van der Waals surface area contributed by atoms with Crippen molar-refractivity contribution in [1.29, 1.82) is 0 Å². The van der Waals surface area contributed by atoms with Crippen LogP contribution in [-0.4, -0.2) is 32.5 Å². The first kappa shape index (κ1) is 18.0. The lowest BCUT2D eigenvalue weighted by Crippen LogP contribution is -2.37. The number of hydrogen-bond acceptors (Lipinski definition) is 5. The Labute approximate surface area is 159 Å². The van der Waals surface area contributed by atoms with Gasteiger partial charge in [-0.25, -0.2) is 4.79 Å². The van der Waals surface area contributed by atoms with Crippen molar-refractivity contribution in [2.75, 3.05) is 0 Å². The van der Waals surface area contributed by atoms with E-state index in [-0.39, 0.29) is 4.32 Å². The van der Waals surface area contributed by atoms with Gasteiger partial charge in [0.2, 0.25) is 0 Å². The van der Waals surface area contributed by atoms with Crippen LogP contribution in [0.1, 0.15) is 27.5 Å². The highest BCUT2D eigenvalue weighted by Crippen LogP contribution is 2.38. The van der Waals surface area contributed by atoms with E-state index < -0.39 is 17.9 Å². The summed E-state index contributed by atoms with van der Waals surface area (Å²) in [4.78, 5) is 36.8. The molecule has 0 aliphatic carbocycles. The van der Waals surface area contributed by atoms with Gasteiger partial charge in [-0.05, 0) is 17.2 Å². The SMILES string of the molecule is O=Cc1ccc(C=C2SC(=S)N(C(C(=O)O)c3ccccc3)C2=O)cc1. The first-order chi connectivity index (χ1) is 12.5. The number of carboxylic acid groups (broad SMARTS) is 1. The molecule has 1 fully saturated rings. The minimum Gasteiger partial charge on any atom is -0.479 e. The summed E-state index contributed by atoms with van der Waals surface area (Å²) in [6.45, 7) is 0. The molecule has 26 heavy (non-hydrogen) atoms. The summed E-state index contributed by atoms with van der Waals surface area (Å²) < 4.78 is 0.196. The fourth-order valence-electron chi connectivity index (χ4n) is 2.56. The second kappa shape index (κ2) is 7.63. The molecule has 1 amide bonds. The predicted molar refractivity (Wildman–Crippen MR) is 104 cm³/mol. The van der Waals surface area contributed by atoms with E-state index >= 15 is 0 Å². The molecule has 1 heterocycles. The maximum Gasteiger partial charge on any atom is 0.331 e. The average molecular weight is 383 g/mol. The van der Waals surface area contributed by atoms with Crippen LogP contribution in [0.3, 0.4) is 0 Å². The van der Waals surface area contributed by atoms with Gasteiger partial charge < -0.3 is 5.11 Å². The summed E-state index contributed by atoms with van der Waals surface area (Å²) in [6.07, 6.45) is 2.37. The molecule has 7 heteroatoms. The van der Waals surface area contributed by atoms with Crippen LogP contribution in [0.4, 0.5) is 0 Å². The molecule has 5 nitrogen and oxygen atoms in total. The number of thiocarbonyl (C=S) groups is 1. The molecule has 130 valence electrons. The molecule has 2 aromatic carbocycles. The fourth-order valence-corrected chi connectivity index (χ4v) is 3.88. The summed E-state index contributed by atoms with van der Waals surface area (Å²) in [6, 6.07) is 14.0. The van der Waals surface area contributed by atoms with Crippen molar-refractivity contribution < 1.29 is 19.5 Å². The van der Waals surface area contributed by atoms with Crippen LogP contribution >= 0.6 is 24.0 Å². The van der Waals surface area contributed by atoms with Crippen LogP contribution in [0.25, 0.3) is 6.08 Å². The number of carbonyl (C=O) groups is 3. The molecule has 0 bridgehead atoms. The van der Waals surface area contributed by atoms with Crippen molar-refractivity contribution in [3.8, 4) is 0 Å². The molecule has 0 aromatic heterocycles. The molecule has 1 saturated heterocycles. The quantitative estimate of drug-likeness (QED) is 0.484. The van der Waals surface area contributed by atoms with Crippen LogP contribution in [0.5, 0.6) is 0 Å². The van der Waals surface area contributed by atoms with E-state index in [0.29, 0.717) is 16.0 Å². The Morgan fingerprint density at radius 3 is 2.27 bits per heavy atom. The number of hydrogen-bond donors (Lipinski definition) is 1. The topological polar surface area (TPSA) is 74.7 Å². The number of amides is 1. The van der Waals surface area contributed by atoms with Gasteiger partial charge in [-0.15, -0.1) is 0 Å². The van der Waals surface area contributed by atoms with Gasteiger partial charge in [-0.3, -0.25) is 14.5 Å². The van der Waals surface area contributed by atoms with E-state index in [4.69, 9.17) is 12.2 Å². The van der Waals surface area contributed by atoms with Gasteiger partial charge in [0, 0.05) is 5.56 Å². The standard InChI is InChI=1S/C19H13NO4S2/c21-11-13-8-6-12(7-9-13)10-15-17(22)20(19(25)26-15)16(18(23)24)14-4-2-1-3-5-14/h1-11,16H,(H,23,24). The summed E-state index contributed by atoms with van der Waals surface area (Å²) in [5.74, 6) is -1.60. The minimum atomic E-state index is -1.17. The molecule has 0 radical (unpaired) electrons. The number of carboxylic acids is 1. The lowest BCUT2D eigenvalue weighted by Gasteiger charge is -2.23. The summed E-state index contributed by atoms with van der Waals surface area (Å²) in [7, 11) is 0. The average Bonchev–Trinajstić information content (AvgIpc) is 2.91. The van der Waals surface area contributed by atoms with Crippen molar-refractivity contribution in [1.82, 2.24) is 4.90 Å². The van der Waals surface area contributed by atoms with Gasteiger partial charge in [-0.1, -0.05) is 78.6 Å². The monoisotopic (exact) mass is 383 g/mol. The molecule has 1 N–H and O–H groups in total. The number of rotatable bonds is 5. The first-order valence-corrected chi connectivity index (χ1v) is 8.84. The van der Waals surface area contributed by atoms with Crippen LogP contribution < -0.4 is 0 Å². The zero-order valence-corrected chi connectivity index (χ0v) is 15.0. The van der Waals surface area contributed by atoms with Crippen LogP contribution in [-0.2, 0) is 9.59 Å². The van der Waals surface area contributed by atoms with Gasteiger partial charge in [-0.2, -0.15) is 0 Å². The number of carbonyl (C=O) groups excluding carboxylic acids is 2. The minimum absolute atomic E-state index is 0.196. The third-order valence-corrected chi connectivity index (χ3v) is 5.13. The molecule has 0 spiro atoms. The van der Waals surface area contributed by atoms with Crippen LogP contribution in [0.15, 0.2) is 59.5 Å². The van der Waals surface area contributed by atoms with Crippen molar-refractivity contribution in [2.45, 2.75) is 6.04 Å². The molecule has 1 aliphatic rings. The highest BCUT2D eigenvalue weighted by atomic mass is 32.2. The van der Waals surface area contributed by atoms with Crippen LogP contribution in [0.2, 0.25) is 0 Å². The van der Waals surface area contributed by atoms with Gasteiger partial charge in [0.05, 0.1) is 4.91 Å². The molecule has 3 rings (SSSR count). The largest absolute Gasteiger partial charge is 0.479 e. The van der Waals surface area contributed by atoms with Crippen molar-refractivity contribution in [3.63, 3.8) is 0 Å². The van der Waals surface area contributed by atoms with Crippen LogP contribution in [0, 0.1) is 0 Å². The third-order valence-electron chi connectivity index (χ3n) is 3.80. The number of aliphatic carboxylic acids is 1. The number of benzene rings is 2. The zero-order valence-electron chi connectivity index (χ0n) is 13.4. The van der Waals surface area contributed by atoms with Crippen molar-refractivity contribution in [2.24, 2.45) is 0 Å². The first-order valence-electron chi connectivity index (χ1n) is 7.61. The van der Waals surface area contributed by atoms with E-state index in [1.165, 1.54) is 0 Å². The Kier molecular flexibility index (Phi) is 5.29. The molecule has 0 saturated carbocycles. The number of aldehydes is 1. The molecule has 2 aromatic rings. The molecule has 1 aliphatic heterocycles. The Morgan fingerprint density at radius 2 is 1.69 bits per heavy atom. The Balaban J connectivity index is 1.93. The van der Waals surface area contributed by atoms with Gasteiger partial charge in [0.15, 0.2) is 6.04 Å². The Morgan fingerprint density at radius 1 is 1.08 bits per heavy atom. The van der Waals surface area contributed by atoms with Gasteiger partial charge >= 0.3 is 5.97 Å². The summed E-state index contributed by atoms with van der Waals surface area (Å²) in [5, 5.41) is 9.64. The van der Waals surface area contributed by atoms with Crippen molar-refractivity contribution >= 4 is 52.5 Å². The fraction of sp³-hybridized carbons (Fsp3) is 0.0526. The molecule has 1 atom stereocenters. The maximum atomic E-state index is 12.8. The third kappa shape index (κ3) is 3.58. The van der Waals surface area contributed by atoms with E-state index in [9.17, 15) is 19.5 Å². The number of nitrogens with zero attached hydrogens (tertiary/aromatic N) is 1. The zero-order chi connectivity index (χ0) is 18.7. The normalized spacial score (nSPS) is 16.8. The van der Waals surface area contributed by atoms with Gasteiger partial charge in [0.1, 0.15) is 10.6 Å². The predicted octanol–water partition coefficient (Wildman–Crippen LogP) is 3.53. The van der Waals surface area contributed by atoms with E-state index in [2.05, 4.69) is 0 Å².